The van der Waals surface area contributed by atoms with Crippen molar-refractivity contribution in [1.82, 2.24) is 9.47 Å². The number of aromatic nitrogens is 1. The van der Waals surface area contributed by atoms with Gasteiger partial charge in [-0.05, 0) is 26.2 Å². The summed E-state index contributed by atoms with van der Waals surface area (Å²) in [5.74, 6) is 0.753. The normalized spacial score (nSPS) is 11.0. The summed E-state index contributed by atoms with van der Waals surface area (Å²) in [4.78, 5) is 14.3. The van der Waals surface area contributed by atoms with Crippen LogP contribution in [0.3, 0.4) is 0 Å². The molecule has 3 aromatic rings. The van der Waals surface area contributed by atoms with Crippen molar-refractivity contribution >= 4 is 0 Å². The van der Waals surface area contributed by atoms with E-state index < -0.39 is 5.76 Å². The third kappa shape index (κ3) is 3.58. The number of ether oxygens (including phenoxy) is 1. The van der Waals surface area contributed by atoms with E-state index in [2.05, 4.69) is 0 Å². The van der Waals surface area contributed by atoms with E-state index in [1.165, 1.54) is 4.57 Å². The Hall–Kier alpha value is -2.79. The van der Waals surface area contributed by atoms with Crippen molar-refractivity contribution in [1.29, 1.82) is 0 Å². The minimum absolute atomic E-state index is 0.433. The molecule has 24 heavy (non-hydrogen) atoms. The quantitative estimate of drug-likeness (QED) is 0.699. The first-order valence-electron chi connectivity index (χ1n) is 7.80. The first kappa shape index (κ1) is 16.1. The Balaban J connectivity index is 1.92. The van der Waals surface area contributed by atoms with Crippen LogP contribution in [0.25, 0.3) is 17.0 Å². The van der Waals surface area contributed by atoms with Gasteiger partial charge in [-0.25, -0.2) is 9.36 Å². The van der Waals surface area contributed by atoms with Gasteiger partial charge in [0, 0.05) is 12.1 Å². The Morgan fingerprint density at radius 1 is 1.04 bits per heavy atom. The van der Waals surface area contributed by atoms with Gasteiger partial charge in [0.05, 0.1) is 11.9 Å². The molecule has 5 heteroatoms. The molecule has 0 N–H and O–H groups in total. The van der Waals surface area contributed by atoms with Crippen molar-refractivity contribution in [3.63, 3.8) is 0 Å². The molecule has 0 aliphatic heterocycles. The van der Waals surface area contributed by atoms with E-state index in [1.807, 2.05) is 73.6 Å². The minimum Gasteiger partial charge on any atom is -0.490 e. The molecule has 0 atom stereocenters. The maximum Gasteiger partial charge on any atom is 0.424 e. The molecule has 2 aromatic carbocycles. The zero-order valence-corrected chi connectivity index (χ0v) is 13.8. The molecular weight excluding hydrogens is 304 g/mol. The largest absolute Gasteiger partial charge is 0.490 e. The standard InChI is InChI=1S/C19H20N2O3/c1-20(2)12-13-23-17-11-7-6-10-16(17)21-14-18(24-19(21)22)15-8-4-3-5-9-15/h3-11,14H,12-13H2,1-2H3. The van der Waals surface area contributed by atoms with Crippen LogP contribution < -0.4 is 10.5 Å². The number of hydrogen-bond acceptors (Lipinski definition) is 4. The first-order chi connectivity index (χ1) is 11.6. The van der Waals surface area contributed by atoms with Gasteiger partial charge in [-0.15, -0.1) is 0 Å². The second-order valence-corrected chi connectivity index (χ2v) is 5.72. The van der Waals surface area contributed by atoms with Crippen LogP contribution in [0.1, 0.15) is 0 Å². The van der Waals surface area contributed by atoms with Crippen molar-refractivity contribution in [2.75, 3.05) is 27.2 Å². The summed E-state index contributed by atoms with van der Waals surface area (Å²) in [6.07, 6.45) is 1.70. The highest BCUT2D eigenvalue weighted by Crippen LogP contribution is 2.24. The molecule has 5 nitrogen and oxygen atoms in total. The zero-order valence-electron chi connectivity index (χ0n) is 13.8. The van der Waals surface area contributed by atoms with Gasteiger partial charge >= 0.3 is 5.76 Å². The average Bonchev–Trinajstić information content (AvgIpc) is 2.97. The van der Waals surface area contributed by atoms with Crippen molar-refractivity contribution in [3.8, 4) is 22.8 Å². The van der Waals surface area contributed by atoms with Crippen LogP contribution in [0.5, 0.6) is 5.75 Å². The van der Waals surface area contributed by atoms with Crippen LogP contribution in [0.2, 0.25) is 0 Å². The molecule has 0 bridgehead atoms. The second kappa shape index (κ2) is 7.19. The number of rotatable bonds is 6. The number of oxazole rings is 1. The number of nitrogens with zero attached hydrogens (tertiary/aromatic N) is 2. The van der Waals surface area contributed by atoms with Crippen LogP contribution >= 0.6 is 0 Å². The maximum atomic E-state index is 12.3. The van der Waals surface area contributed by atoms with E-state index in [1.54, 1.807) is 6.20 Å². The SMILES string of the molecule is CN(C)CCOc1ccccc1-n1cc(-c2ccccc2)oc1=O. The van der Waals surface area contributed by atoms with Crippen LogP contribution in [0, 0.1) is 0 Å². The Morgan fingerprint density at radius 3 is 2.50 bits per heavy atom. The van der Waals surface area contributed by atoms with Crippen LogP contribution in [-0.4, -0.2) is 36.7 Å². The van der Waals surface area contributed by atoms with Gasteiger partial charge in [-0.3, -0.25) is 0 Å². The molecule has 0 radical (unpaired) electrons. The van der Waals surface area contributed by atoms with E-state index in [4.69, 9.17) is 9.15 Å². The fraction of sp³-hybridized carbons (Fsp3) is 0.211. The summed E-state index contributed by atoms with van der Waals surface area (Å²) in [6.45, 7) is 1.34. The molecule has 0 amide bonds. The second-order valence-electron chi connectivity index (χ2n) is 5.72. The van der Waals surface area contributed by atoms with Crippen molar-refractivity contribution < 1.29 is 9.15 Å². The lowest BCUT2D eigenvalue weighted by atomic mass is 10.2. The van der Waals surface area contributed by atoms with Gasteiger partial charge in [0.15, 0.2) is 5.76 Å². The molecule has 3 rings (SSSR count). The van der Waals surface area contributed by atoms with Crippen LogP contribution in [-0.2, 0) is 0 Å². The predicted octanol–water partition coefficient (Wildman–Crippen LogP) is 3.04. The van der Waals surface area contributed by atoms with E-state index in [9.17, 15) is 4.79 Å². The summed E-state index contributed by atoms with van der Waals surface area (Å²) in [5.41, 5.74) is 1.53. The average molecular weight is 324 g/mol. The predicted molar refractivity (Wildman–Crippen MR) is 93.8 cm³/mol. The monoisotopic (exact) mass is 324 g/mol. The molecule has 0 aliphatic rings. The topological polar surface area (TPSA) is 47.6 Å². The molecule has 124 valence electrons. The summed E-state index contributed by atoms with van der Waals surface area (Å²) in [5, 5.41) is 0. The summed E-state index contributed by atoms with van der Waals surface area (Å²) >= 11 is 0. The van der Waals surface area contributed by atoms with Gasteiger partial charge in [0.1, 0.15) is 12.4 Å². The van der Waals surface area contributed by atoms with Gasteiger partial charge in [-0.1, -0.05) is 42.5 Å². The molecule has 0 saturated heterocycles. The van der Waals surface area contributed by atoms with Crippen molar-refractivity contribution in [2.45, 2.75) is 0 Å². The number of hydrogen-bond donors (Lipinski definition) is 0. The summed E-state index contributed by atoms with van der Waals surface area (Å²) in [7, 11) is 3.98. The van der Waals surface area contributed by atoms with Crippen molar-refractivity contribution in [2.24, 2.45) is 0 Å². The van der Waals surface area contributed by atoms with E-state index in [-0.39, 0.29) is 0 Å². The molecule has 0 spiro atoms. The smallest absolute Gasteiger partial charge is 0.424 e. The Morgan fingerprint density at radius 2 is 1.75 bits per heavy atom. The van der Waals surface area contributed by atoms with Crippen LogP contribution in [0.4, 0.5) is 0 Å². The lowest BCUT2D eigenvalue weighted by molar-refractivity contribution is 0.260. The molecule has 0 unspecified atom stereocenters. The van der Waals surface area contributed by atoms with Gasteiger partial charge < -0.3 is 14.1 Å². The third-order valence-corrected chi connectivity index (χ3v) is 3.62. The van der Waals surface area contributed by atoms with E-state index >= 15 is 0 Å². The number of para-hydroxylation sites is 2. The molecule has 1 aromatic heterocycles. The van der Waals surface area contributed by atoms with Crippen molar-refractivity contribution in [3.05, 3.63) is 71.3 Å². The van der Waals surface area contributed by atoms with E-state index in [0.717, 1.165) is 12.1 Å². The lowest BCUT2D eigenvalue weighted by Gasteiger charge is -2.13. The molecule has 0 saturated carbocycles. The lowest BCUT2D eigenvalue weighted by Crippen LogP contribution is -2.20. The fourth-order valence-corrected chi connectivity index (χ4v) is 2.36. The highest BCUT2D eigenvalue weighted by atomic mass is 16.5. The Bertz CT molecular complexity index is 850. The highest BCUT2D eigenvalue weighted by Gasteiger charge is 2.13. The zero-order chi connectivity index (χ0) is 16.9. The first-order valence-corrected chi connectivity index (χ1v) is 7.80. The van der Waals surface area contributed by atoms with Crippen LogP contribution in [0.15, 0.2) is 70.0 Å². The fourth-order valence-electron chi connectivity index (χ4n) is 2.36. The molecule has 0 fully saturated rings. The van der Waals surface area contributed by atoms with E-state index in [0.29, 0.717) is 23.8 Å². The summed E-state index contributed by atoms with van der Waals surface area (Å²) in [6, 6.07) is 17.0. The van der Waals surface area contributed by atoms with Gasteiger partial charge in [-0.2, -0.15) is 0 Å². The molecular formula is C19H20N2O3. The van der Waals surface area contributed by atoms with Gasteiger partial charge in [0.25, 0.3) is 0 Å². The third-order valence-electron chi connectivity index (χ3n) is 3.62. The number of benzene rings is 2. The molecule has 0 aliphatic carbocycles. The highest BCUT2D eigenvalue weighted by molar-refractivity contribution is 5.57. The van der Waals surface area contributed by atoms with Gasteiger partial charge in [0.2, 0.25) is 0 Å². The maximum absolute atomic E-state index is 12.3. The minimum atomic E-state index is -0.433. The Labute approximate surface area is 140 Å². The summed E-state index contributed by atoms with van der Waals surface area (Å²) < 4.78 is 12.7. The number of likely N-dealkylation sites (N-methyl/N-ethyl adjacent to an activating group) is 1. The molecule has 1 heterocycles. The Kier molecular flexibility index (Phi) is 4.82.